The van der Waals surface area contributed by atoms with Crippen molar-refractivity contribution in [2.75, 3.05) is 6.54 Å². The number of rotatable bonds is 4. The van der Waals surface area contributed by atoms with E-state index in [4.69, 9.17) is 0 Å². The van der Waals surface area contributed by atoms with Gasteiger partial charge in [0.1, 0.15) is 0 Å². The van der Waals surface area contributed by atoms with E-state index in [1.54, 1.807) is 13.8 Å². The first kappa shape index (κ1) is 12.2. The molecule has 1 aliphatic heterocycles. The van der Waals surface area contributed by atoms with Crippen molar-refractivity contribution >= 4 is 11.8 Å². The van der Waals surface area contributed by atoms with Crippen LogP contribution in [0, 0.1) is 11.8 Å². The van der Waals surface area contributed by atoms with E-state index in [1.807, 2.05) is 6.92 Å². The highest BCUT2D eigenvalue weighted by Gasteiger charge is 2.41. The van der Waals surface area contributed by atoms with E-state index in [2.05, 4.69) is 0 Å². The maximum absolute atomic E-state index is 11.7. The highest BCUT2D eigenvalue weighted by Crippen LogP contribution is 2.25. The molecule has 0 bridgehead atoms. The van der Waals surface area contributed by atoms with Gasteiger partial charge in [0.05, 0.1) is 6.10 Å². The Hall–Kier alpha value is -0.900. The van der Waals surface area contributed by atoms with Gasteiger partial charge in [-0.1, -0.05) is 20.8 Å². The average Bonchev–Trinajstić information content (AvgIpc) is 2.41. The molecule has 3 atom stereocenters. The van der Waals surface area contributed by atoms with E-state index in [0.717, 1.165) is 0 Å². The highest BCUT2D eigenvalue weighted by atomic mass is 16.3. The van der Waals surface area contributed by atoms with Crippen LogP contribution in [0.5, 0.6) is 0 Å². The Morgan fingerprint density at radius 3 is 2.13 bits per heavy atom. The zero-order valence-corrected chi connectivity index (χ0v) is 9.56. The Balaban J connectivity index is 2.55. The minimum atomic E-state index is -0.420. The van der Waals surface area contributed by atoms with Crippen LogP contribution in [0.25, 0.3) is 0 Å². The molecule has 4 nitrogen and oxygen atoms in total. The number of carbonyl (C=O) groups is 2. The molecule has 1 saturated heterocycles. The Morgan fingerprint density at radius 1 is 1.27 bits per heavy atom. The van der Waals surface area contributed by atoms with Crippen LogP contribution in [0.1, 0.15) is 33.6 Å². The number of aliphatic hydroxyl groups is 1. The second-order valence-corrected chi connectivity index (χ2v) is 4.26. The number of carbonyl (C=O) groups excluding carboxylic acids is 2. The lowest BCUT2D eigenvalue weighted by Gasteiger charge is -2.16. The fraction of sp³-hybridized carbons (Fsp3) is 0.818. The molecular formula is C11H19NO3. The number of amides is 2. The van der Waals surface area contributed by atoms with E-state index in [-0.39, 0.29) is 23.7 Å². The van der Waals surface area contributed by atoms with E-state index in [1.165, 1.54) is 4.90 Å². The normalized spacial score (nSPS) is 28.7. The van der Waals surface area contributed by atoms with Gasteiger partial charge in [0, 0.05) is 18.4 Å². The maximum atomic E-state index is 11.7. The predicted molar refractivity (Wildman–Crippen MR) is 56.0 cm³/mol. The molecule has 1 aliphatic rings. The van der Waals surface area contributed by atoms with Gasteiger partial charge in [-0.25, -0.2) is 0 Å². The largest absolute Gasteiger partial charge is 0.393 e. The van der Waals surface area contributed by atoms with Gasteiger partial charge >= 0.3 is 0 Å². The molecular weight excluding hydrogens is 194 g/mol. The summed E-state index contributed by atoms with van der Waals surface area (Å²) in [5.41, 5.74) is 0. The molecule has 0 saturated carbocycles. The lowest BCUT2D eigenvalue weighted by Crippen LogP contribution is -2.33. The summed E-state index contributed by atoms with van der Waals surface area (Å²) in [6.07, 6.45) is 0.714. The van der Waals surface area contributed by atoms with Crippen molar-refractivity contribution in [1.82, 2.24) is 4.90 Å². The first-order chi connectivity index (χ1) is 6.99. The van der Waals surface area contributed by atoms with Gasteiger partial charge in [0.15, 0.2) is 0 Å². The zero-order chi connectivity index (χ0) is 11.6. The first-order valence-electron chi connectivity index (χ1n) is 5.52. The minimum Gasteiger partial charge on any atom is -0.393 e. The van der Waals surface area contributed by atoms with E-state index >= 15 is 0 Å². The molecule has 0 spiro atoms. The molecule has 0 aromatic carbocycles. The van der Waals surface area contributed by atoms with Crippen molar-refractivity contribution in [3.63, 3.8) is 0 Å². The Bertz CT molecular complexity index is 245. The van der Waals surface area contributed by atoms with Gasteiger partial charge < -0.3 is 5.11 Å². The molecule has 0 aromatic rings. The van der Waals surface area contributed by atoms with Gasteiger partial charge in [0.25, 0.3) is 0 Å². The topological polar surface area (TPSA) is 57.6 Å². The molecule has 15 heavy (non-hydrogen) atoms. The fourth-order valence-electron chi connectivity index (χ4n) is 1.73. The van der Waals surface area contributed by atoms with Crippen molar-refractivity contribution in [3.8, 4) is 0 Å². The summed E-state index contributed by atoms with van der Waals surface area (Å²) in [4.78, 5) is 24.6. The van der Waals surface area contributed by atoms with E-state index in [0.29, 0.717) is 19.4 Å². The number of hydrogen-bond acceptors (Lipinski definition) is 3. The second-order valence-electron chi connectivity index (χ2n) is 4.26. The van der Waals surface area contributed by atoms with Gasteiger partial charge in [-0.2, -0.15) is 0 Å². The zero-order valence-electron chi connectivity index (χ0n) is 9.56. The third-order valence-corrected chi connectivity index (χ3v) is 3.22. The summed E-state index contributed by atoms with van der Waals surface area (Å²) in [6.45, 7) is 5.78. The molecule has 1 fully saturated rings. The van der Waals surface area contributed by atoms with Crippen molar-refractivity contribution in [2.24, 2.45) is 11.8 Å². The Morgan fingerprint density at radius 2 is 1.73 bits per heavy atom. The molecule has 4 heteroatoms. The third-order valence-electron chi connectivity index (χ3n) is 3.22. The highest BCUT2D eigenvalue weighted by molar-refractivity contribution is 6.04. The van der Waals surface area contributed by atoms with Crippen molar-refractivity contribution in [1.29, 1.82) is 0 Å². The summed E-state index contributed by atoms with van der Waals surface area (Å²) < 4.78 is 0. The summed E-state index contributed by atoms with van der Waals surface area (Å²) in [7, 11) is 0. The average molecular weight is 213 g/mol. The molecule has 86 valence electrons. The van der Waals surface area contributed by atoms with Crippen LogP contribution in [-0.4, -0.2) is 34.5 Å². The maximum Gasteiger partial charge on any atom is 0.232 e. The van der Waals surface area contributed by atoms with Crippen LogP contribution in [0.3, 0.4) is 0 Å². The molecule has 1 N–H and O–H groups in total. The molecule has 0 aliphatic carbocycles. The molecule has 0 aromatic heterocycles. The summed E-state index contributed by atoms with van der Waals surface area (Å²) in [5, 5.41) is 9.37. The standard InChI is InChI=1S/C11H19NO3/c1-4-9(13)5-6-12-10(14)7(2)8(3)11(12)15/h7-9,13H,4-6H2,1-3H3. The first-order valence-corrected chi connectivity index (χ1v) is 5.52. The third kappa shape index (κ3) is 2.37. The lowest BCUT2D eigenvalue weighted by atomic mass is 10.00. The molecule has 2 amide bonds. The smallest absolute Gasteiger partial charge is 0.232 e. The molecule has 0 radical (unpaired) electrons. The van der Waals surface area contributed by atoms with Gasteiger partial charge in [0.2, 0.25) is 11.8 Å². The lowest BCUT2D eigenvalue weighted by molar-refractivity contribution is -0.140. The minimum absolute atomic E-state index is 0.101. The Kier molecular flexibility index (Phi) is 3.85. The van der Waals surface area contributed by atoms with Crippen LogP contribution in [0.15, 0.2) is 0 Å². The van der Waals surface area contributed by atoms with Gasteiger partial charge in [-0.15, -0.1) is 0 Å². The number of aliphatic hydroxyl groups excluding tert-OH is 1. The van der Waals surface area contributed by atoms with Crippen LogP contribution < -0.4 is 0 Å². The van der Waals surface area contributed by atoms with Crippen molar-refractivity contribution in [2.45, 2.75) is 39.7 Å². The van der Waals surface area contributed by atoms with Gasteiger partial charge in [-0.3, -0.25) is 14.5 Å². The van der Waals surface area contributed by atoms with Gasteiger partial charge in [-0.05, 0) is 12.8 Å². The second kappa shape index (κ2) is 4.75. The van der Waals surface area contributed by atoms with Crippen molar-refractivity contribution in [3.05, 3.63) is 0 Å². The number of likely N-dealkylation sites (tertiary alicyclic amines) is 1. The summed E-state index contributed by atoms with van der Waals surface area (Å²) >= 11 is 0. The predicted octanol–water partition coefficient (Wildman–Crippen LogP) is 0.788. The van der Waals surface area contributed by atoms with Crippen molar-refractivity contribution < 1.29 is 14.7 Å². The monoisotopic (exact) mass is 213 g/mol. The number of nitrogens with zero attached hydrogens (tertiary/aromatic N) is 1. The molecule has 1 rings (SSSR count). The van der Waals surface area contributed by atoms with Crippen LogP contribution in [-0.2, 0) is 9.59 Å². The molecule has 3 unspecified atom stereocenters. The Labute approximate surface area is 90.3 Å². The summed E-state index contributed by atoms with van der Waals surface area (Å²) in [5.74, 6) is -0.626. The van der Waals surface area contributed by atoms with Crippen LogP contribution in [0.4, 0.5) is 0 Å². The SMILES string of the molecule is CCC(O)CCN1C(=O)C(C)C(C)C1=O. The number of imide groups is 1. The molecule has 1 heterocycles. The fourth-order valence-corrected chi connectivity index (χ4v) is 1.73. The van der Waals surface area contributed by atoms with Crippen LogP contribution in [0.2, 0.25) is 0 Å². The van der Waals surface area contributed by atoms with E-state index < -0.39 is 6.10 Å². The van der Waals surface area contributed by atoms with E-state index in [9.17, 15) is 14.7 Å². The van der Waals surface area contributed by atoms with Crippen LogP contribution >= 0.6 is 0 Å². The quantitative estimate of drug-likeness (QED) is 0.702. The summed E-state index contributed by atoms with van der Waals surface area (Å²) in [6, 6.07) is 0. The number of hydrogen-bond donors (Lipinski definition) is 1.